The lowest BCUT2D eigenvalue weighted by molar-refractivity contribution is -0.144. The zero-order chi connectivity index (χ0) is 22.8. The van der Waals surface area contributed by atoms with E-state index in [4.69, 9.17) is 0 Å². The molecule has 13 heteroatoms. The molecule has 5 rings (SSSR count). The number of amides is 1. The van der Waals surface area contributed by atoms with Gasteiger partial charge >= 0.3 is 6.18 Å². The van der Waals surface area contributed by atoms with Gasteiger partial charge in [0.15, 0.2) is 5.82 Å². The van der Waals surface area contributed by atoms with Crippen LogP contribution < -0.4 is 20.4 Å². The highest BCUT2D eigenvalue weighted by Gasteiger charge is 2.40. The van der Waals surface area contributed by atoms with Gasteiger partial charge in [0.25, 0.3) is 5.82 Å². The first-order valence-electron chi connectivity index (χ1n) is 10.6. The van der Waals surface area contributed by atoms with E-state index in [-0.39, 0.29) is 30.0 Å². The molecule has 2 aromatic rings. The molecular weight excluding hydrogens is 427 g/mol. The maximum absolute atomic E-state index is 12.8. The Bertz CT molecular complexity index is 1060. The summed E-state index contributed by atoms with van der Waals surface area (Å²) in [7, 11) is 3.29. The van der Waals surface area contributed by atoms with Gasteiger partial charge in [-0.1, -0.05) is 0 Å². The van der Waals surface area contributed by atoms with Gasteiger partial charge < -0.3 is 20.4 Å². The second-order valence-electron chi connectivity index (χ2n) is 8.58. The lowest BCUT2D eigenvalue weighted by Gasteiger charge is -2.42. The Morgan fingerprint density at radius 1 is 1.06 bits per heavy atom. The second kappa shape index (κ2) is 7.20. The quantitative estimate of drug-likeness (QED) is 0.725. The van der Waals surface area contributed by atoms with E-state index in [1.54, 1.807) is 4.90 Å². The number of aromatic nitrogens is 5. The highest BCUT2D eigenvalue weighted by molar-refractivity contribution is 6.05. The fourth-order valence-electron chi connectivity index (χ4n) is 4.41. The van der Waals surface area contributed by atoms with Gasteiger partial charge in [0.05, 0.1) is 5.69 Å². The van der Waals surface area contributed by atoms with Gasteiger partial charge in [0, 0.05) is 32.7 Å². The average Bonchev–Trinajstić information content (AvgIpc) is 3.09. The minimum Gasteiger partial charge on any atom is -0.352 e. The molecule has 1 saturated carbocycles. The summed E-state index contributed by atoms with van der Waals surface area (Å²) >= 11 is 0. The number of carbonyl (C=O) groups is 1. The Morgan fingerprint density at radius 2 is 1.78 bits per heavy atom. The first kappa shape index (κ1) is 20.8. The molecule has 3 aliphatic rings. The maximum atomic E-state index is 12.8. The van der Waals surface area contributed by atoms with E-state index in [0.29, 0.717) is 25.3 Å². The third kappa shape index (κ3) is 3.39. The number of alkyl halides is 3. The monoisotopic (exact) mass is 451 g/mol. The molecule has 2 aliphatic heterocycles. The molecule has 4 heterocycles. The van der Waals surface area contributed by atoms with Gasteiger partial charge in [-0.2, -0.15) is 23.1 Å². The van der Waals surface area contributed by atoms with Crippen molar-refractivity contribution in [2.24, 2.45) is 7.05 Å². The molecule has 1 fully saturated rings. The van der Waals surface area contributed by atoms with Gasteiger partial charge in [-0.05, 0) is 32.6 Å². The van der Waals surface area contributed by atoms with E-state index in [1.807, 2.05) is 18.9 Å². The first-order valence-corrected chi connectivity index (χ1v) is 10.6. The first-order chi connectivity index (χ1) is 15.1. The third-order valence-electron chi connectivity index (χ3n) is 6.36. The lowest BCUT2D eigenvalue weighted by atomic mass is 9.87. The molecule has 172 valence electrons. The van der Waals surface area contributed by atoms with Crippen LogP contribution in [0.4, 0.5) is 36.6 Å². The summed E-state index contributed by atoms with van der Waals surface area (Å²) < 4.78 is 39.5. The summed E-state index contributed by atoms with van der Waals surface area (Å²) in [6.45, 7) is 2.55. The number of hydrogen-bond donors (Lipinski definition) is 2. The highest BCUT2D eigenvalue weighted by atomic mass is 19.4. The summed E-state index contributed by atoms with van der Waals surface area (Å²) in [4.78, 5) is 29.2. The summed E-state index contributed by atoms with van der Waals surface area (Å²) in [5.74, 6) is 0.262. The van der Waals surface area contributed by atoms with E-state index in [0.717, 1.165) is 34.7 Å². The molecule has 0 aromatic carbocycles. The topological polar surface area (TPSA) is 104 Å². The number of nitrogens with one attached hydrogen (secondary N) is 2. The smallest absolute Gasteiger partial charge is 0.352 e. The number of aryl methyl sites for hydroxylation is 2. The molecule has 0 radical (unpaired) electrons. The van der Waals surface area contributed by atoms with E-state index < -0.39 is 12.0 Å². The van der Waals surface area contributed by atoms with Crippen molar-refractivity contribution in [2.75, 3.05) is 34.0 Å². The number of likely N-dealkylation sites (N-methyl/N-ethyl adjacent to an activating group) is 1. The Balaban J connectivity index is 1.26. The van der Waals surface area contributed by atoms with Crippen molar-refractivity contribution in [3.8, 4) is 0 Å². The van der Waals surface area contributed by atoms with Crippen molar-refractivity contribution in [3.05, 3.63) is 11.5 Å². The van der Waals surface area contributed by atoms with Crippen LogP contribution in [0.5, 0.6) is 0 Å². The van der Waals surface area contributed by atoms with Crippen molar-refractivity contribution >= 4 is 29.3 Å². The molecule has 0 saturated heterocycles. The Hall–Kier alpha value is -3.12. The fourth-order valence-corrected chi connectivity index (χ4v) is 4.41. The molecule has 0 unspecified atom stereocenters. The van der Waals surface area contributed by atoms with Gasteiger partial charge in [0.2, 0.25) is 17.8 Å². The van der Waals surface area contributed by atoms with Gasteiger partial charge in [0.1, 0.15) is 11.7 Å². The van der Waals surface area contributed by atoms with E-state index >= 15 is 0 Å². The summed E-state index contributed by atoms with van der Waals surface area (Å²) in [6.07, 6.45) is -1.57. The molecule has 1 aliphatic carbocycles. The molecule has 0 bridgehead atoms. The summed E-state index contributed by atoms with van der Waals surface area (Å²) in [5.41, 5.74) is 1.67. The van der Waals surface area contributed by atoms with Crippen LogP contribution >= 0.6 is 0 Å². The fraction of sp³-hybridized carbons (Fsp3) is 0.632. The van der Waals surface area contributed by atoms with Gasteiger partial charge in [-0.25, -0.2) is 9.67 Å². The standard InChI is InChI=1S/C19H24F3N9O/c1-9-15(32)31-6-4-5-12-13(31)14(29(9)2)26-17(25-12)23-10-7-11(8-10)24-18-27-16(19(20,21)22)28-30(18)3/h9-11H,4-8H2,1-3H3,(H,23,25,26)(H,24,27,28)/t9-,10?,11?/m0/s1. The van der Waals surface area contributed by atoms with Crippen molar-refractivity contribution in [1.82, 2.24) is 24.7 Å². The minimum atomic E-state index is -4.57. The molecule has 10 nitrogen and oxygen atoms in total. The van der Waals surface area contributed by atoms with Crippen molar-refractivity contribution in [3.63, 3.8) is 0 Å². The molecular formula is C19H24F3N9O. The van der Waals surface area contributed by atoms with Crippen molar-refractivity contribution < 1.29 is 18.0 Å². The highest BCUT2D eigenvalue weighted by Crippen LogP contribution is 2.40. The van der Waals surface area contributed by atoms with Gasteiger partial charge in [-0.3, -0.25) is 4.79 Å². The number of rotatable bonds is 4. The Kier molecular flexibility index (Phi) is 4.67. The number of hydrogen-bond acceptors (Lipinski definition) is 8. The molecule has 0 spiro atoms. The SMILES string of the molecule is C[C@H]1C(=O)N2CCCc3nc(NC4CC(Nc5nc(C(F)(F)F)nn5C)C4)nc(c32)N1C. The van der Waals surface area contributed by atoms with Crippen LogP contribution in [-0.4, -0.2) is 62.4 Å². The number of halogens is 3. The molecule has 2 aromatic heterocycles. The molecule has 32 heavy (non-hydrogen) atoms. The number of carbonyl (C=O) groups excluding carboxylic acids is 1. The lowest BCUT2D eigenvalue weighted by Crippen LogP contribution is -2.53. The Labute approximate surface area is 182 Å². The molecule has 1 amide bonds. The van der Waals surface area contributed by atoms with E-state index in [2.05, 4.69) is 30.7 Å². The van der Waals surface area contributed by atoms with Crippen LogP contribution in [0.1, 0.15) is 37.7 Å². The molecule has 2 N–H and O–H groups in total. The predicted octanol–water partition coefficient (Wildman–Crippen LogP) is 1.80. The second-order valence-corrected chi connectivity index (χ2v) is 8.58. The zero-order valence-electron chi connectivity index (χ0n) is 17.9. The minimum absolute atomic E-state index is 0.0247. The van der Waals surface area contributed by atoms with Crippen LogP contribution in [-0.2, 0) is 24.4 Å². The van der Waals surface area contributed by atoms with Crippen molar-refractivity contribution in [2.45, 2.75) is 56.9 Å². The third-order valence-corrected chi connectivity index (χ3v) is 6.36. The van der Waals surface area contributed by atoms with Crippen LogP contribution in [0.3, 0.4) is 0 Å². The van der Waals surface area contributed by atoms with E-state index in [9.17, 15) is 18.0 Å². The number of nitrogens with zero attached hydrogens (tertiary/aromatic N) is 7. The predicted molar refractivity (Wildman–Crippen MR) is 111 cm³/mol. The summed E-state index contributed by atoms with van der Waals surface area (Å²) in [6, 6.07) is -0.231. The maximum Gasteiger partial charge on any atom is 0.453 e. The summed E-state index contributed by atoms with van der Waals surface area (Å²) in [5, 5.41) is 9.77. The zero-order valence-corrected chi connectivity index (χ0v) is 17.9. The Morgan fingerprint density at radius 3 is 2.47 bits per heavy atom. The van der Waals surface area contributed by atoms with Crippen LogP contribution in [0, 0.1) is 0 Å². The normalized spacial score (nSPS) is 24.8. The van der Waals surface area contributed by atoms with Crippen molar-refractivity contribution in [1.29, 1.82) is 0 Å². The number of anilines is 4. The van der Waals surface area contributed by atoms with Crippen LogP contribution in [0.25, 0.3) is 0 Å². The van der Waals surface area contributed by atoms with E-state index in [1.165, 1.54) is 7.05 Å². The van der Waals surface area contributed by atoms with Crippen LogP contribution in [0.15, 0.2) is 0 Å². The van der Waals surface area contributed by atoms with Gasteiger partial charge in [-0.15, -0.1) is 5.10 Å². The largest absolute Gasteiger partial charge is 0.453 e. The molecule has 1 atom stereocenters. The van der Waals surface area contributed by atoms with Crippen LogP contribution in [0.2, 0.25) is 0 Å². The average molecular weight is 451 g/mol.